The number of anilines is 1. The van der Waals surface area contributed by atoms with Gasteiger partial charge in [0.25, 0.3) is 0 Å². The van der Waals surface area contributed by atoms with Crippen LogP contribution in [0.3, 0.4) is 0 Å². The molecule has 0 radical (unpaired) electrons. The van der Waals surface area contributed by atoms with E-state index in [4.69, 9.17) is 14.0 Å². The summed E-state index contributed by atoms with van der Waals surface area (Å²) in [5, 5.41) is 9.93. The van der Waals surface area contributed by atoms with E-state index in [9.17, 15) is 4.79 Å². The topological polar surface area (TPSA) is 85.5 Å². The Labute approximate surface area is 177 Å². The number of aromatic amines is 1. The van der Waals surface area contributed by atoms with Crippen LogP contribution in [0.4, 0.5) is 10.6 Å². The van der Waals surface area contributed by atoms with Gasteiger partial charge in [0.05, 0.1) is 16.9 Å². The molecule has 2 aromatic rings. The SMILES string of the molecule is CC1(C)OB(C2=CC(c3cc(NC(=O)OCc4ccccc4)[nH]n3)CC2)OC1(C)C. The van der Waals surface area contributed by atoms with Gasteiger partial charge in [0, 0.05) is 12.0 Å². The number of nitrogens with zero attached hydrogens (tertiary/aromatic N) is 1. The summed E-state index contributed by atoms with van der Waals surface area (Å²) in [7, 11) is -0.315. The lowest BCUT2D eigenvalue weighted by atomic mass is 9.78. The van der Waals surface area contributed by atoms with Crippen LogP contribution in [0.1, 0.15) is 57.7 Å². The van der Waals surface area contributed by atoms with E-state index in [-0.39, 0.29) is 30.8 Å². The van der Waals surface area contributed by atoms with Crippen LogP contribution in [0.2, 0.25) is 0 Å². The normalized spacial score (nSPS) is 22.1. The van der Waals surface area contributed by atoms with Crippen molar-refractivity contribution in [2.24, 2.45) is 0 Å². The molecule has 1 unspecified atom stereocenters. The molecule has 2 aliphatic rings. The van der Waals surface area contributed by atoms with Crippen molar-refractivity contribution in [3.05, 3.63) is 59.2 Å². The average Bonchev–Trinajstić information content (AvgIpc) is 3.39. The van der Waals surface area contributed by atoms with Crippen LogP contribution >= 0.6 is 0 Å². The standard InChI is InChI=1S/C22H28BN3O4/c1-21(2)22(3,4)30-23(29-21)17-11-10-16(12-17)18-13-19(26-25-18)24-20(27)28-14-15-8-6-5-7-9-15/h5-9,12-13,16H,10-11,14H2,1-4H3,(H2,24,25,26,27). The molecule has 1 aromatic heterocycles. The third-order valence-electron chi connectivity index (χ3n) is 6.14. The Hall–Kier alpha value is -2.58. The molecule has 1 aromatic carbocycles. The van der Waals surface area contributed by atoms with Crippen molar-refractivity contribution in [2.75, 3.05) is 5.32 Å². The minimum atomic E-state index is -0.520. The van der Waals surface area contributed by atoms with E-state index in [1.54, 1.807) is 0 Å². The van der Waals surface area contributed by atoms with Crippen LogP contribution in [0.5, 0.6) is 0 Å². The number of amides is 1. The first-order valence-corrected chi connectivity index (χ1v) is 10.3. The summed E-state index contributed by atoms with van der Waals surface area (Å²) in [6.07, 6.45) is 3.49. The molecule has 1 atom stereocenters. The molecule has 4 rings (SSSR count). The zero-order valence-electron chi connectivity index (χ0n) is 17.9. The Kier molecular flexibility index (Phi) is 5.47. The fourth-order valence-corrected chi connectivity index (χ4v) is 3.63. The van der Waals surface area contributed by atoms with Gasteiger partial charge in [0.1, 0.15) is 12.4 Å². The monoisotopic (exact) mass is 409 g/mol. The zero-order chi connectivity index (χ0) is 21.4. The molecule has 0 spiro atoms. The third-order valence-corrected chi connectivity index (χ3v) is 6.14. The number of hydrogen-bond donors (Lipinski definition) is 2. The van der Waals surface area contributed by atoms with Gasteiger partial charge in [-0.05, 0) is 51.6 Å². The molecule has 2 heterocycles. The number of H-pyrrole nitrogens is 1. The van der Waals surface area contributed by atoms with E-state index in [2.05, 4.69) is 49.3 Å². The number of allylic oxidation sites excluding steroid dienone is 2. The molecule has 8 heteroatoms. The van der Waals surface area contributed by atoms with Gasteiger partial charge in [-0.15, -0.1) is 0 Å². The fraction of sp³-hybridized carbons (Fsp3) is 0.455. The van der Waals surface area contributed by atoms with Gasteiger partial charge >= 0.3 is 13.2 Å². The smallest absolute Gasteiger partial charge is 0.444 e. The van der Waals surface area contributed by atoms with E-state index >= 15 is 0 Å². The summed E-state index contributed by atoms with van der Waals surface area (Å²) in [6, 6.07) is 11.4. The van der Waals surface area contributed by atoms with Gasteiger partial charge in [-0.1, -0.05) is 36.4 Å². The summed E-state index contributed by atoms with van der Waals surface area (Å²) in [5.41, 5.74) is 2.27. The number of carbonyl (C=O) groups is 1. The third kappa shape index (κ3) is 4.30. The second kappa shape index (κ2) is 7.93. The highest BCUT2D eigenvalue weighted by Crippen LogP contribution is 2.42. The van der Waals surface area contributed by atoms with Gasteiger partial charge in [-0.3, -0.25) is 10.4 Å². The largest absolute Gasteiger partial charge is 0.490 e. The maximum absolute atomic E-state index is 12.0. The maximum Gasteiger partial charge on any atom is 0.490 e. The second-order valence-electron chi connectivity index (χ2n) is 8.87. The molecular weight excluding hydrogens is 381 g/mol. The van der Waals surface area contributed by atoms with Gasteiger partial charge < -0.3 is 14.0 Å². The van der Waals surface area contributed by atoms with E-state index in [0.29, 0.717) is 5.82 Å². The Bertz CT molecular complexity index is 923. The molecule has 0 saturated carbocycles. The molecular formula is C22H28BN3O4. The van der Waals surface area contributed by atoms with Crippen molar-refractivity contribution in [3.8, 4) is 0 Å². The number of hydrogen-bond acceptors (Lipinski definition) is 5. The van der Waals surface area contributed by atoms with Crippen molar-refractivity contribution < 1.29 is 18.8 Å². The summed E-state index contributed by atoms with van der Waals surface area (Å²) < 4.78 is 17.6. The van der Waals surface area contributed by atoms with Gasteiger partial charge in [-0.25, -0.2) is 4.79 Å². The molecule has 1 amide bonds. The number of rotatable bonds is 5. The molecule has 158 valence electrons. The first-order chi connectivity index (χ1) is 14.2. The van der Waals surface area contributed by atoms with Crippen LogP contribution in [-0.2, 0) is 20.7 Å². The van der Waals surface area contributed by atoms with Gasteiger partial charge in [0.15, 0.2) is 0 Å². The Morgan fingerprint density at radius 1 is 1.23 bits per heavy atom. The lowest BCUT2D eigenvalue weighted by molar-refractivity contribution is 0.00578. The second-order valence-corrected chi connectivity index (χ2v) is 8.87. The molecule has 1 fully saturated rings. The van der Waals surface area contributed by atoms with Crippen molar-refractivity contribution in [3.63, 3.8) is 0 Å². The van der Waals surface area contributed by atoms with Crippen LogP contribution in [-0.4, -0.2) is 34.6 Å². The average molecular weight is 409 g/mol. The lowest BCUT2D eigenvalue weighted by Gasteiger charge is -2.32. The minimum absolute atomic E-state index is 0.158. The summed E-state index contributed by atoms with van der Waals surface area (Å²) >= 11 is 0. The molecule has 30 heavy (non-hydrogen) atoms. The highest BCUT2D eigenvalue weighted by molar-refractivity contribution is 6.54. The molecule has 7 nitrogen and oxygen atoms in total. The summed E-state index contributed by atoms with van der Waals surface area (Å²) in [6.45, 7) is 8.45. The Morgan fingerprint density at radius 2 is 1.93 bits per heavy atom. The van der Waals surface area contributed by atoms with Crippen molar-refractivity contribution in [1.29, 1.82) is 0 Å². The summed E-state index contributed by atoms with van der Waals surface area (Å²) in [5.74, 6) is 0.673. The van der Waals surface area contributed by atoms with Crippen molar-refractivity contribution in [1.82, 2.24) is 10.2 Å². The molecule has 1 aliphatic carbocycles. The number of ether oxygens (including phenoxy) is 1. The predicted molar refractivity (Wildman–Crippen MR) is 115 cm³/mol. The quantitative estimate of drug-likeness (QED) is 0.706. The first kappa shape index (κ1) is 20.7. The number of benzene rings is 1. The number of carbonyl (C=O) groups excluding carboxylic acids is 1. The van der Waals surface area contributed by atoms with Crippen LogP contribution in [0, 0.1) is 0 Å². The fourth-order valence-electron chi connectivity index (χ4n) is 3.63. The van der Waals surface area contributed by atoms with Crippen molar-refractivity contribution >= 4 is 19.0 Å². The Morgan fingerprint density at radius 3 is 2.63 bits per heavy atom. The lowest BCUT2D eigenvalue weighted by Crippen LogP contribution is -2.41. The van der Waals surface area contributed by atoms with E-state index in [0.717, 1.165) is 29.6 Å². The molecule has 1 aliphatic heterocycles. The van der Waals surface area contributed by atoms with E-state index in [1.165, 1.54) is 0 Å². The highest BCUT2D eigenvalue weighted by Gasteiger charge is 2.52. The predicted octanol–water partition coefficient (Wildman–Crippen LogP) is 4.59. The highest BCUT2D eigenvalue weighted by atomic mass is 16.7. The zero-order valence-corrected chi connectivity index (χ0v) is 17.9. The number of aromatic nitrogens is 2. The summed E-state index contributed by atoms with van der Waals surface area (Å²) in [4.78, 5) is 12.0. The van der Waals surface area contributed by atoms with Crippen LogP contribution in [0.15, 0.2) is 47.9 Å². The molecule has 2 N–H and O–H groups in total. The van der Waals surface area contributed by atoms with E-state index < -0.39 is 6.09 Å². The van der Waals surface area contributed by atoms with Crippen LogP contribution < -0.4 is 5.32 Å². The molecule has 0 bridgehead atoms. The number of nitrogens with one attached hydrogen (secondary N) is 2. The van der Waals surface area contributed by atoms with Gasteiger partial charge in [-0.2, -0.15) is 5.10 Å². The minimum Gasteiger partial charge on any atom is -0.444 e. The maximum atomic E-state index is 12.0. The van der Waals surface area contributed by atoms with E-state index in [1.807, 2.05) is 36.4 Å². The Balaban J connectivity index is 1.34. The molecule has 1 saturated heterocycles. The van der Waals surface area contributed by atoms with Gasteiger partial charge in [0.2, 0.25) is 0 Å². The van der Waals surface area contributed by atoms with Crippen molar-refractivity contribution in [2.45, 2.75) is 64.3 Å². The van der Waals surface area contributed by atoms with Crippen LogP contribution in [0.25, 0.3) is 0 Å². The first-order valence-electron chi connectivity index (χ1n) is 10.3.